The van der Waals surface area contributed by atoms with Gasteiger partial charge in [0.2, 0.25) is 0 Å². The lowest BCUT2D eigenvalue weighted by molar-refractivity contribution is -0.142. The van der Waals surface area contributed by atoms with E-state index in [2.05, 4.69) is 0 Å². The first-order valence-corrected chi connectivity index (χ1v) is 3.83. The minimum absolute atomic E-state index is 2.23. The number of allylic oxidation sites excluding steroid dienone is 1. The lowest BCUT2D eigenvalue weighted by Gasteiger charge is -1.98. The summed E-state index contributed by atoms with van der Waals surface area (Å²) in [6.45, 7) is -2.23. The SMILES string of the molecule is FC(F)=C(F)C(F)(F)F.FC(F)=C(F)F.FCC(F)(F)F. The maximum Gasteiger partial charge on any atom is 0.448 e. The highest BCUT2D eigenvalue weighted by atomic mass is 19.4. The molecule has 0 N–H and O–H groups in total. The van der Waals surface area contributed by atoms with Crippen LogP contribution in [0.3, 0.4) is 0 Å². The Hall–Kier alpha value is -1.50. The van der Waals surface area contributed by atoms with Gasteiger partial charge in [0.15, 0.2) is 6.67 Å². The third-order valence-electron chi connectivity index (χ3n) is 0.709. The molecule has 0 atom stereocenters. The van der Waals surface area contributed by atoms with Gasteiger partial charge in [-0.05, 0) is 0 Å². The van der Waals surface area contributed by atoms with E-state index in [4.69, 9.17) is 0 Å². The second-order valence-corrected chi connectivity index (χ2v) is 2.34. The van der Waals surface area contributed by atoms with Gasteiger partial charge in [-0.1, -0.05) is 0 Å². The summed E-state index contributed by atoms with van der Waals surface area (Å²) in [6, 6.07) is 0. The molecule has 0 aliphatic carbocycles. The standard InChI is InChI=1S/C3F6.C2H2F4.C2F4/c4-1(2(5)6)3(7,8)9;3-1-2(4,5)6;3-1(4)2(5)6/h;1H2;. The average Bonchev–Trinajstić information content (AvgIpc) is 2.27. The lowest BCUT2D eigenvalue weighted by atomic mass is 10.6. The van der Waals surface area contributed by atoms with Crippen LogP contribution in [-0.4, -0.2) is 19.0 Å². The Bertz CT molecular complexity index is 321. The van der Waals surface area contributed by atoms with Crippen molar-refractivity contribution in [2.45, 2.75) is 12.4 Å². The molecule has 0 nitrogen and oxygen atoms in total. The fraction of sp³-hybridized carbons (Fsp3) is 0.429. The molecule has 0 amide bonds. The van der Waals surface area contributed by atoms with Gasteiger partial charge in [-0.2, -0.15) is 57.1 Å². The molecular weight excluding hydrogens is 350 g/mol. The largest absolute Gasteiger partial charge is 0.448 e. The van der Waals surface area contributed by atoms with E-state index in [1.165, 1.54) is 0 Å². The summed E-state index contributed by atoms with van der Waals surface area (Å²) >= 11 is 0. The molecule has 0 radical (unpaired) electrons. The molecule has 0 saturated carbocycles. The highest BCUT2D eigenvalue weighted by Crippen LogP contribution is 2.29. The highest BCUT2D eigenvalue weighted by molar-refractivity contribution is 4.98. The normalized spacial score (nSPS) is 10.6. The summed E-state index contributed by atoms with van der Waals surface area (Å²) < 4.78 is 148. The molecule has 21 heavy (non-hydrogen) atoms. The first-order valence-electron chi connectivity index (χ1n) is 3.83. The van der Waals surface area contributed by atoms with Gasteiger partial charge >= 0.3 is 30.6 Å². The Morgan fingerprint density at radius 3 is 0.810 bits per heavy atom. The molecule has 0 aliphatic rings. The summed E-state index contributed by atoms with van der Waals surface area (Å²) in [5.41, 5.74) is 0. The zero-order valence-corrected chi connectivity index (χ0v) is 9.00. The van der Waals surface area contributed by atoms with Crippen molar-refractivity contribution in [3.63, 3.8) is 0 Å². The molecule has 0 aromatic carbocycles. The molecule has 0 bridgehead atoms. The van der Waals surface area contributed by atoms with Crippen LogP contribution in [0, 0.1) is 0 Å². The molecule has 0 saturated heterocycles. The predicted octanol–water partition coefficient (Wildman–Crippen LogP) is 6.14. The molecule has 0 aromatic rings. The van der Waals surface area contributed by atoms with Crippen molar-refractivity contribution in [1.29, 1.82) is 0 Å². The van der Waals surface area contributed by atoms with Crippen molar-refractivity contribution in [2.24, 2.45) is 0 Å². The zero-order valence-electron chi connectivity index (χ0n) is 9.00. The van der Waals surface area contributed by atoms with Gasteiger partial charge in [0.05, 0.1) is 0 Å². The quantitative estimate of drug-likeness (QED) is 0.460. The Morgan fingerprint density at radius 1 is 0.571 bits per heavy atom. The number of hydrogen-bond acceptors (Lipinski definition) is 0. The Balaban J connectivity index is -0.000000240. The second kappa shape index (κ2) is 10.3. The highest BCUT2D eigenvalue weighted by Gasteiger charge is 2.38. The molecule has 0 aromatic heterocycles. The van der Waals surface area contributed by atoms with Crippen molar-refractivity contribution in [3.05, 3.63) is 24.1 Å². The van der Waals surface area contributed by atoms with E-state index in [0.717, 1.165) is 0 Å². The van der Waals surface area contributed by atoms with Crippen LogP contribution in [0.4, 0.5) is 61.5 Å². The first kappa shape index (κ1) is 24.5. The molecule has 0 fully saturated rings. The van der Waals surface area contributed by atoms with Crippen LogP contribution in [0.5, 0.6) is 0 Å². The summed E-state index contributed by atoms with van der Waals surface area (Å²) in [4.78, 5) is 0. The lowest BCUT2D eigenvalue weighted by Crippen LogP contribution is -2.08. The summed E-state index contributed by atoms with van der Waals surface area (Å²) in [5, 5.41) is 0. The van der Waals surface area contributed by atoms with E-state index in [1.54, 1.807) is 0 Å². The monoisotopic (exact) mass is 352 g/mol. The van der Waals surface area contributed by atoms with Crippen LogP contribution in [0.2, 0.25) is 0 Å². The van der Waals surface area contributed by atoms with Crippen LogP contribution in [0.1, 0.15) is 0 Å². The van der Waals surface area contributed by atoms with Crippen LogP contribution in [0.15, 0.2) is 24.1 Å². The minimum Gasteiger partial charge on any atom is -0.241 e. The average molecular weight is 352 g/mol. The Labute approximate surface area is 106 Å². The maximum absolute atomic E-state index is 11.0. The molecule has 14 heteroatoms. The van der Waals surface area contributed by atoms with Gasteiger partial charge in [0.25, 0.3) is 5.83 Å². The molecule has 0 heterocycles. The van der Waals surface area contributed by atoms with E-state index < -0.39 is 43.1 Å². The maximum atomic E-state index is 11.0. The van der Waals surface area contributed by atoms with Gasteiger partial charge in [0, 0.05) is 0 Å². The van der Waals surface area contributed by atoms with E-state index >= 15 is 0 Å². The minimum atomic E-state index is -5.56. The van der Waals surface area contributed by atoms with Crippen LogP contribution in [-0.2, 0) is 0 Å². The zero-order chi connectivity index (χ0) is 18.0. The van der Waals surface area contributed by atoms with Crippen LogP contribution < -0.4 is 0 Å². The van der Waals surface area contributed by atoms with Gasteiger partial charge in [-0.25, -0.2) is 4.39 Å². The summed E-state index contributed by atoms with van der Waals surface area (Å²) in [7, 11) is 0. The molecule has 0 spiro atoms. The number of halogens is 14. The van der Waals surface area contributed by atoms with Crippen molar-refractivity contribution >= 4 is 0 Å². The van der Waals surface area contributed by atoms with Crippen molar-refractivity contribution in [3.8, 4) is 0 Å². The number of hydrogen-bond donors (Lipinski definition) is 0. The van der Waals surface area contributed by atoms with E-state index in [0.29, 0.717) is 0 Å². The summed E-state index contributed by atoms with van der Waals surface area (Å²) in [5.74, 6) is -3.33. The fourth-order valence-electron chi connectivity index (χ4n) is 0.107. The van der Waals surface area contributed by atoms with Gasteiger partial charge in [-0.15, -0.1) is 0 Å². The molecule has 0 rings (SSSR count). The third-order valence-corrected chi connectivity index (χ3v) is 0.709. The van der Waals surface area contributed by atoms with Gasteiger partial charge in [0.1, 0.15) is 0 Å². The Morgan fingerprint density at radius 2 is 0.810 bits per heavy atom. The Kier molecular flexibility index (Phi) is 12.0. The smallest absolute Gasteiger partial charge is 0.241 e. The number of rotatable bonds is 0. The van der Waals surface area contributed by atoms with Crippen LogP contribution >= 0.6 is 0 Å². The third kappa shape index (κ3) is 21.0. The van der Waals surface area contributed by atoms with Gasteiger partial charge in [-0.3, -0.25) is 0 Å². The van der Waals surface area contributed by atoms with Crippen molar-refractivity contribution < 1.29 is 61.5 Å². The topological polar surface area (TPSA) is 0 Å². The molecule has 128 valence electrons. The van der Waals surface area contributed by atoms with Crippen molar-refractivity contribution in [2.75, 3.05) is 6.67 Å². The van der Waals surface area contributed by atoms with Crippen LogP contribution in [0.25, 0.3) is 0 Å². The first-order chi connectivity index (χ1) is 9.06. The van der Waals surface area contributed by atoms with E-state index in [9.17, 15) is 61.5 Å². The van der Waals surface area contributed by atoms with E-state index in [1.807, 2.05) is 0 Å². The summed E-state index contributed by atoms with van der Waals surface area (Å²) in [6.07, 6.45) is -19.3. The molecular formula is C7H2F14. The number of alkyl halides is 7. The van der Waals surface area contributed by atoms with Gasteiger partial charge < -0.3 is 0 Å². The predicted molar refractivity (Wildman–Crippen MR) is 39.9 cm³/mol. The second-order valence-electron chi connectivity index (χ2n) is 2.34. The van der Waals surface area contributed by atoms with E-state index in [-0.39, 0.29) is 0 Å². The fourth-order valence-corrected chi connectivity index (χ4v) is 0.107. The van der Waals surface area contributed by atoms with Crippen molar-refractivity contribution in [1.82, 2.24) is 0 Å². The molecule has 0 aliphatic heterocycles. The molecule has 0 unspecified atom stereocenters.